The van der Waals surface area contributed by atoms with Crippen molar-refractivity contribution >= 4 is 11.7 Å². The molecule has 2 amide bonds. The smallest absolute Gasteiger partial charge is 0.321 e. The molecule has 4 heteroatoms. The number of urea groups is 1. The molecular formula is C11H16N2O2. The molecule has 0 heterocycles. The van der Waals surface area contributed by atoms with Crippen molar-refractivity contribution in [1.82, 2.24) is 5.32 Å². The van der Waals surface area contributed by atoms with E-state index < -0.39 is 0 Å². The van der Waals surface area contributed by atoms with Gasteiger partial charge < -0.3 is 10.1 Å². The molecule has 0 aliphatic heterocycles. The van der Waals surface area contributed by atoms with Gasteiger partial charge in [0.25, 0.3) is 0 Å². The Morgan fingerprint density at radius 2 is 2.13 bits per heavy atom. The van der Waals surface area contributed by atoms with Crippen molar-refractivity contribution in [3.05, 3.63) is 24.3 Å². The normalized spacial score (nSPS) is 9.53. The van der Waals surface area contributed by atoms with Gasteiger partial charge in [0, 0.05) is 13.6 Å². The molecule has 15 heavy (non-hydrogen) atoms. The van der Waals surface area contributed by atoms with E-state index in [4.69, 9.17) is 4.74 Å². The maximum Gasteiger partial charge on any atom is 0.321 e. The van der Waals surface area contributed by atoms with E-state index in [9.17, 15) is 4.79 Å². The second-order valence-corrected chi connectivity index (χ2v) is 3.07. The van der Waals surface area contributed by atoms with E-state index in [1.54, 1.807) is 14.2 Å². The molecule has 1 aromatic rings. The second kappa shape index (κ2) is 5.24. The lowest BCUT2D eigenvalue weighted by Gasteiger charge is -2.19. The quantitative estimate of drug-likeness (QED) is 0.823. The zero-order valence-electron chi connectivity index (χ0n) is 9.28. The minimum Gasteiger partial charge on any atom is -0.495 e. The maximum atomic E-state index is 11.6. The Labute approximate surface area is 89.8 Å². The average Bonchev–Trinajstić information content (AvgIpc) is 2.28. The summed E-state index contributed by atoms with van der Waals surface area (Å²) in [5, 5.41) is 2.73. The number of methoxy groups -OCH3 is 1. The molecular weight excluding hydrogens is 192 g/mol. The fourth-order valence-corrected chi connectivity index (χ4v) is 1.29. The van der Waals surface area contributed by atoms with Crippen molar-refractivity contribution < 1.29 is 9.53 Å². The summed E-state index contributed by atoms with van der Waals surface area (Å²) in [6.45, 7) is 2.49. The highest BCUT2D eigenvalue weighted by molar-refractivity contribution is 5.92. The number of nitrogens with zero attached hydrogens (tertiary/aromatic N) is 1. The molecule has 0 atom stereocenters. The highest BCUT2D eigenvalue weighted by Crippen LogP contribution is 2.26. The van der Waals surface area contributed by atoms with Gasteiger partial charge in [-0.05, 0) is 19.1 Å². The van der Waals surface area contributed by atoms with Crippen LogP contribution in [0.2, 0.25) is 0 Å². The van der Waals surface area contributed by atoms with Gasteiger partial charge in [0.1, 0.15) is 5.75 Å². The minimum absolute atomic E-state index is 0.137. The number of carbonyl (C=O) groups is 1. The van der Waals surface area contributed by atoms with Crippen molar-refractivity contribution in [2.24, 2.45) is 0 Å². The van der Waals surface area contributed by atoms with Crippen LogP contribution in [-0.4, -0.2) is 26.7 Å². The first-order valence-corrected chi connectivity index (χ1v) is 4.85. The van der Waals surface area contributed by atoms with E-state index in [0.29, 0.717) is 12.3 Å². The number of rotatable bonds is 3. The number of nitrogens with one attached hydrogen (secondary N) is 1. The number of carbonyl (C=O) groups excluding carboxylic acids is 1. The van der Waals surface area contributed by atoms with Gasteiger partial charge in [-0.25, -0.2) is 4.79 Å². The predicted octanol–water partition coefficient (Wildman–Crippen LogP) is 1.86. The molecule has 0 radical (unpaired) electrons. The third-order valence-electron chi connectivity index (χ3n) is 2.08. The van der Waals surface area contributed by atoms with Gasteiger partial charge in [-0.3, -0.25) is 4.90 Å². The largest absolute Gasteiger partial charge is 0.495 e. The van der Waals surface area contributed by atoms with Crippen LogP contribution >= 0.6 is 0 Å². The van der Waals surface area contributed by atoms with Crippen molar-refractivity contribution in [1.29, 1.82) is 0 Å². The van der Waals surface area contributed by atoms with E-state index in [1.807, 2.05) is 31.2 Å². The first-order chi connectivity index (χ1) is 7.20. The van der Waals surface area contributed by atoms with Crippen LogP contribution in [-0.2, 0) is 0 Å². The number of hydrogen-bond donors (Lipinski definition) is 1. The van der Waals surface area contributed by atoms with Gasteiger partial charge in [-0.1, -0.05) is 12.1 Å². The third kappa shape index (κ3) is 2.62. The van der Waals surface area contributed by atoms with Gasteiger partial charge in [-0.2, -0.15) is 0 Å². The van der Waals surface area contributed by atoms with Gasteiger partial charge in [0.05, 0.1) is 12.8 Å². The summed E-state index contributed by atoms with van der Waals surface area (Å²) in [6, 6.07) is 7.27. The van der Waals surface area contributed by atoms with Crippen LogP contribution in [0.4, 0.5) is 10.5 Å². The van der Waals surface area contributed by atoms with Gasteiger partial charge in [-0.15, -0.1) is 0 Å². The zero-order chi connectivity index (χ0) is 11.3. The van der Waals surface area contributed by atoms with Crippen molar-refractivity contribution in [3.8, 4) is 5.75 Å². The molecule has 0 fully saturated rings. The molecule has 0 saturated carbocycles. The number of benzene rings is 1. The SMILES string of the molecule is CCNC(=O)N(C)c1ccccc1OC. The van der Waals surface area contributed by atoms with E-state index in [-0.39, 0.29) is 6.03 Å². The Hall–Kier alpha value is -1.71. The predicted molar refractivity (Wildman–Crippen MR) is 60.5 cm³/mol. The number of anilines is 1. The summed E-state index contributed by atoms with van der Waals surface area (Å²) in [5.74, 6) is 0.686. The summed E-state index contributed by atoms with van der Waals surface area (Å²) >= 11 is 0. The van der Waals surface area contributed by atoms with E-state index in [1.165, 1.54) is 4.90 Å². The first-order valence-electron chi connectivity index (χ1n) is 4.85. The Balaban J connectivity index is 2.89. The first kappa shape index (κ1) is 11.4. The van der Waals surface area contributed by atoms with E-state index >= 15 is 0 Å². The number of para-hydroxylation sites is 2. The molecule has 0 aromatic heterocycles. The highest BCUT2D eigenvalue weighted by atomic mass is 16.5. The topological polar surface area (TPSA) is 41.6 Å². The van der Waals surface area contributed by atoms with E-state index in [0.717, 1.165) is 5.69 Å². The van der Waals surface area contributed by atoms with Crippen LogP contribution in [0, 0.1) is 0 Å². The molecule has 1 N–H and O–H groups in total. The van der Waals surface area contributed by atoms with Crippen molar-refractivity contribution in [3.63, 3.8) is 0 Å². The summed E-state index contributed by atoms with van der Waals surface area (Å²) in [7, 11) is 3.30. The Morgan fingerprint density at radius 1 is 1.47 bits per heavy atom. The Morgan fingerprint density at radius 3 is 2.73 bits per heavy atom. The fourth-order valence-electron chi connectivity index (χ4n) is 1.29. The minimum atomic E-state index is -0.137. The fraction of sp³-hybridized carbons (Fsp3) is 0.364. The molecule has 1 aromatic carbocycles. The Bertz CT molecular complexity index is 339. The van der Waals surface area contributed by atoms with Gasteiger partial charge >= 0.3 is 6.03 Å². The van der Waals surface area contributed by atoms with Crippen LogP contribution in [0.15, 0.2) is 24.3 Å². The van der Waals surface area contributed by atoms with Crippen molar-refractivity contribution in [2.45, 2.75) is 6.92 Å². The second-order valence-electron chi connectivity index (χ2n) is 3.07. The Kier molecular flexibility index (Phi) is 3.97. The van der Waals surface area contributed by atoms with E-state index in [2.05, 4.69) is 5.32 Å². The van der Waals surface area contributed by atoms with Gasteiger partial charge in [0.2, 0.25) is 0 Å². The average molecular weight is 208 g/mol. The summed E-state index contributed by atoms with van der Waals surface area (Å²) < 4.78 is 5.17. The lowest BCUT2D eigenvalue weighted by atomic mass is 10.3. The summed E-state index contributed by atoms with van der Waals surface area (Å²) in [6.07, 6.45) is 0. The third-order valence-corrected chi connectivity index (χ3v) is 2.08. The lowest BCUT2D eigenvalue weighted by Crippen LogP contribution is -2.37. The molecule has 0 spiro atoms. The highest BCUT2D eigenvalue weighted by Gasteiger charge is 2.13. The molecule has 1 rings (SSSR count). The number of ether oxygens (including phenoxy) is 1. The molecule has 0 unspecified atom stereocenters. The molecule has 0 aliphatic carbocycles. The molecule has 0 saturated heterocycles. The van der Waals surface area contributed by atoms with Crippen LogP contribution in [0.1, 0.15) is 6.92 Å². The van der Waals surface area contributed by atoms with Gasteiger partial charge in [0.15, 0.2) is 0 Å². The molecule has 4 nitrogen and oxygen atoms in total. The maximum absolute atomic E-state index is 11.6. The summed E-state index contributed by atoms with van der Waals surface area (Å²) in [4.78, 5) is 13.1. The van der Waals surface area contributed by atoms with Crippen LogP contribution < -0.4 is 15.0 Å². The number of hydrogen-bond acceptors (Lipinski definition) is 2. The monoisotopic (exact) mass is 208 g/mol. The van der Waals surface area contributed by atoms with Crippen molar-refractivity contribution in [2.75, 3.05) is 25.6 Å². The molecule has 82 valence electrons. The van der Waals surface area contributed by atoms with Crippen LogP contribution in [0.3, 0.4) is 0 Å². The zero-order valence-corrected chi connectivity index (χ0v) is 9.28. The van der Waals surface area contributed by atoms with Crippen LogP contribution in [0.25, 0.3) is 0 Å². The molecule has 0 bridgehead atoms. The standard InChI is InChI=1S/C11H16N2O2/c1-4-12-11(14)13(2)9-7-5-6-8-10(9)15-3/h5-8H,4H2,1-3H3,(H,12,14). The summed E-state index contributed by atoms with van der Waals surface area (Å²) in [5.41, 5.74) is 0.756. The van der Waals surface area contributed by atoms with Crippen LogP contribution in [0.5, 0.6) is 5.75 Å². The number of amides is 2. The molecule has 0 aliphatic rings. The lowest BCUT2D eigenvalue weighted by molar-refractivity contribution is 0.248.